The molecular weight excluding hydrogens is 312 g/mol. The molecule has 6 heteroatoms. The number of fused-ring (bicyclic) bond motifs is 1. The van der Waals surface area contributed by atoms with E-state index < -0.39 is 24.3 Å². The van der Waals surface area contributed by atoms with Gasteiger partial charge in [0.2, 0.25) is 0 Å². The highest BCUT2D eigenvalue weighted by molar-refractivity contribution is 5.97. The zero-order valence-electron chi connectivity index (χ0n) is 13.4. The molecule has 130 valence electrons. The molecule has 0 radical (unpaired) electrons. The number of esters is 1. The summed E-state index contributed by atoms with van der Waals surface area (Å²) in [6.07, 6.45) is 5.18. The number of allylic oxidation sites excluding steroid dienone is 1. The topological polar surface area (TPSA) is 107 Å². The summed E-state index contributed by atoms with van der Waals surface area (Å²) in [5, 5.41) is 39.3. The number of phenols is 2. The number of phenolic OH excluding ortho intramolecular Hbond substituents is 2. The second kappa shape index (κ2) is 7.99. The first-order valence-corrected chi connectivity index (χ1v) is 7.84. The molecule has 0 unspecified atom stereocenters. The lowest BCUT2D eigenvalue weighted by Gasteiger charge is -2.16. The van der Waals surface area contributed by atoms with E-state index in [1.807, 2.05) is 0 Å². The Morgan fingerprint density at radius 1 is 1.17 bits per heavy atom. The van der Waals surface area contributed by atoms with Crippen LogP contribution in [-0.2, 0) is 4.74 Å². The molecule has 1 heterocycles. The van der Waals surface area contributed by atoms with E-state index in [0.717, 1.165) is 6.07 Å². The van der Waals surface area contributed by atoms with E-state index in [4.69, 9.17) is 4.74 Å². The standard InChI is InChI=1S/C18H22O6/c1-11-5-4-8-15(21)14(20)7-3-2-6-12-9-13(19)10-16(22)17(12)18(23)24-11/h2,4,6,8-11,14-15,19-22H,3,5,7H2,1H3/b6-2-,8-4+/t11-,14-,15-/m1/s1. The molecule has 6 nitrogen and oxygen atoms in total. The van der Waals surface area contributed by atoms with E-state index in [1.54, 1.807) is 25.2 Å². The second-order valence-corrected chi connectivity index (χ2v) is 5.85. The minimum absolute atomic E-state index is 0.0162. The molecule has 0 spiro atoms. The first-order chi connectivity index (χ1) is 11.4. The molecule has 2 rings (SSSR count). The van der Waals surface area contributed by atoms with Crippen molar-refractivity contribution in [2.75, 3.05) is 0 Å². The van der Waals surface area contributed by atoms with Crippen molar-refractivity contribution in [1.29, 1.82) is 0 Å². The van der Waals surface area contributed by atoms with Gasteiger partial charge in [0.1, 0.15) is 23.2 Å². The highest BCUT2D eigenvalue weighted by Gasteiger charge is 2.20. The maximum atomic E-state index is 12.3. The van der Waals surface area contributed by atoms with Gasteiger partial charge in [-0.15, -0.1) is 0 Å². The van der Waals surface area contributed by atoms with E-state index in [9.17, 15) is 25.2 Å². The summed E-state index contributed by atoms with van der Waals surface area (Å²) >= 11 is 0. The van der Waals surface area contributed by atoms with Gasteiger partial charge in [-0.25, -0.2) is 4.79 Å². The third-order valence-electron chi connectivity index (χ3n) is 3.77. The van der Waals surface area contributed by atoms with Gasteiger partial charge in [-0.05, 0) is 31.4 Å². The van der Waals surface area contributed by atoms with Crippen LogP contribution in [0.4, 0.5) is 0 Å². The van der Waals surface area contributed by atoms with E-state index in [2.05, 4.69) is 0 Å². The molecule has 0 saturated carbocycles. The molecular formula is C18H22O6. The predicted molar refractivity (Wildman–Crippen MR) is 88.7 cm³/mol. The molecule has 0 aliphatic carbocycles. The molecule has 1 aliphatic rings. The maximum absolute atomic E-state index is 12.3. The Labute approximate surface area is 140 Å². The third kappa shape index (κ3) is 4.59. The van der Waals surface area contributed by atoms with Crippen LogP contribution >= 0.6 is 0 Å². The van der Waals surface area contributed by atoms with Crippen LogP contribution in [0.15, 0.2) is 30.4 Å². The number of hydrogen-bond donors (Lipinski definition) is 4. The Balaban J connectivity index is 2.36. The van der Waals surface area contributed by atoms with Gasteiger partial charge in [0.05, 0.1) is 12.2 Å². The van der Waals surface area contributed by atoms with Crippen LogP contribution in [0.2, 0.25) is 0 Å². The summed E-state index contributed by atoms with van der Waals surface area (Å²) in [4.78, 5) is 12.3. The van der Waals surface area contributed by atoms with Gasteiger partial charge in [-0.2, -0.15) is 0 Å². The van der Waals surface area contributed by atoms with E-state index >= 15 is 0 Å². The Bertz CT molecular complexity index is 649. The van der Waals surface area contributed by atoms with Crippen molar-refractivity contribution in [2.45, 2.75) is 44.5 Å². The molecule has 3 atom stereocenters. The van der Waals surface area contributed by atoms with Crippen molar-refractivity contribution < 1.29 is 30.0 Å². The zero-order valence-corrected chi connectivity index (χ0v) is 13.4. The highest BCUT2D eigenvalue weighted by atomic mass is 16.5. The quantitative estimate of drug-likeness (QED) is 0.428. The number of aliphatic hydroxyl groups excluding tert-OH is 2. The molecule has 24 heavy (non-hydrogen) atoms. The maximum Gasteiger partial charge on any atom is 0.342 e. The second-order valence-electron chi connectivity index (χ2n) is 5.85. The smallest absolute Gasteiger partial charge is 0.342 e. The number of ether oxygens (including phenoxy) is 1. The summed E-state index contributed by atoms with van der Waals surface area (Å²) in [5.41, 5.74) is 0.310. The summed E-state index contributed by atoms with van der Waals surface area (Å²) < 4.78 is 5.29. The third-order valence-corrected chi connectivity index (χ3v) is 3.77. The average molecular weight is 334 g/mol. The van der Waals surface area contributed by atoms with Crippen molar-refractivity contribution in [3.05, 3.63) is 41.5 Å². The lowest BCUT2D eigenvalue weighted by molar-refractivity contribution is 0.0337. The first-order valence-electron chi connectivity index (χ1n) is 7.84. The summed E-state index contributed by atoms with van der Waals surface area (Å²) in [6.45, 7) is 1.68. The van der Waals surface area contributed by atoms with Crippen LogP contribution in [0.3, 0.4) is 0 Å². The van der Waals surface area contributed by atoms with Crippen LogP contribution in [0.1, 0.15) is 42.1 Å². The molecule has 0 aromatic heterocycles. The summed E-state index contributed by atoms with van der Waals surface area (Å²) in [7, 11) is 0. The Kier molecular flexibility index (Phi) is 6.00. The Morgan fingerprint density at radius 2 is 1.92 bits per heavy atom. The normalized spacial score (nSPS) is 28.3. The number of carbonyl (C=O) groups is 1. The van der Waals surface area contributed by atoms with Crippen molar-refractivity contribution in [1.82, 2.24) is 0 Å². The Morgan fingerprint density at radius 3 is 2.67 bits per heavy atom. The average Bonchev–Trinajstić information content (AvgIpc) is 2.49. The van der Waals surface area contributed by atoms with Crippen LogP contribution in [0, 0.1) is 0 Å². The van der Waals surface area contributed by atoms with Crippen LogP contribution in [0.5, 0.6) is 11.5 Å². The number of rotatable bonds is 0. The molecule has 4 N–H and O–H groups in total. The van der Waals surface area contributed by atoms with E-state index in [-0.39, 0.29) is 17.1 Å². The number of hydrogen-bond acceptors (Lipinski definition) is 6. The monoisotopic (exact) mass is 334 g/mol. The van der Waals surface area contributed by atoms with Crippen molar-refractivity contribution in [2.24, 2.45) is 0 Å². The molecule has 1 aromatic rings. The molecule has 1 aromatic carbocycles. The van der Waals surface area contributed by atoms with Crippen molar-refractivity contribution in [3.63, 3.8) is 0 Å². The van der Waals surface area contributed by atoms with Crippen LogP contribution < -0.4 is 0 Å². The molecule has 1 aliphatic heterocycles. The minimum Gasteiger partial charge on any atom is -0.508 e. The lowest BCUT2D eigenvalue weighted by atomic mass is 10.0. The molecule has 0 saturated heterocycles. The molecule has 0 fully saturated rings. The van der Waals surface area contributed by atoms with Gasteiger partial charge in [-0.3, -0.25) is 0 Å². The lowest BCUT2D eigenvalue weighted by Crippen LogP contribution is -2.23. The van der Waals surface area contributed by atoms with Crippen LogP contribution in [-0.4, -0.2) is 44.7 Å². The number of benzene rings is 1. The van der Waals surface area contributed by atoms with Crippen LogP contribution in [0.25, 0.3) is 6.08 Å². The zero-order chi connectivity index (χ0) is 17.7. The van der Waals surface area contributed by atoms with Gasteiger partial charge in [0.15, 0.2) is 0 Å². The number of cyclic esters (lactones) is 1. The van der Waals surface area contributed by atoms with E-state index in [1.165, 1.54) is 12.1 Å². The molecule has 0 bridgehead atoms. The van der Waals surface area contributed by atoms with Gasteiger partial charge in [-0.1, -0.05) is 24.3 Å². The number of aliphatic hydroxyl groups is 2. The fourth-order valence-electron chi connectivity index (χ4n) is 2.46. The number of carbonyl (C=O) groups excluding carboxylic acids is 1. The van der Waals surface area contributed by atoms with Crippen molar-refractivity contribution in [3.8, 4) is 11.5 Å². The van der Waals surface area contributed by atoms with Gasteiger partial charge in [0, 0.05) is 12.5 Å². The number of aromatic hydroxyl groups is 2. The largest absolute Gasteiger partial charge is 0.508 e. The van der Waals surface area contributed by atoms with E-state index in [0.29, 0.717) is 24.8 Å². The van der Waals surface area contributed by atoms with Gasteiger partial charge < -0.3 is 25.2 Å². The van der Waals surface area contributed by atoms with Gasteiger partial charge >= 0.3 is 5.97 Å². The fourth-order valence-corrected chi connectivity index (χ4v) is 2.46. The minimum atomic E-state index is -0.982. The highest BCUT2D eigenvalue weighted by Crippen LogP contribution is 2.29. The predicted octanol–water partition coefficient (Wildman–Crippen LogP) is 2.12. The molecule has 0 amide bonds. The first kappa shape index (κ1) is 18.0. The summed E-state index contributed by atoms with van der Waals surface area (Å²) in [5.74, 6) is -1.22. The fraction of sp³-hybridized carbons (Fsp3) is 0.389. The SMILES string of the molecule is C[C@@H]1C/C=C/[C@@H](O)[C@H](O)CC/C=C\c2cc(O)cc(O)c2C(=O)O1. The van der Waals surface area contributed by atoms with Gasteiger partial charge in [0.25, 0.3) is 0 Å². The van der Waals surface area contributed by atoms with Crippen molar-refractivity contribution >= 4 is 12.0 Å². The summed E-state index contributed by atoms with van der Waals surface area (Å²) in [6, 6.07) is 2.44. The Hall–Kier alpha value is -2.31.